The zero-order chi connectivity index (χ0) is 17.0. The lowest BCUT2D eigenvalue weighted by Crippen LogP contribution is -2.33. The maximum absolute atomic E-state index is 12.2. The van der Waals surface area contributed by atoms with Crippen molar-refractivity contribution in [3.63, 3.8) is 0 Å². The van der Waals surface area contributed by atoms with E-state index in [9.17, 15) is 9.59 Å². The molecule has 23 heavy (non-hydrogen) atoms. The number of ether oxygens (including phenoxy) is 2. The van der Waals surface area contributed by atoms with Crippen LogP contribution >= 0.6 is 0 Å². The SMILES string of the molecule is C[C@H]1C=C(C(=O)Oc2ccccc2)CC[C@H]1C(=O)OC(C)(C)C. The zero-order valence-electron chi connectivity index (χ0n) is 14.2. The van der Waals surface area contributed by atoms with Crippen LogP contribution in [0, 0.1) is 11.8 Å². The van der Waals surface area contributed by atoms with Gasteiger partial charge in [0.1, 0.15) is 11.4 Å². The van der Waals surface area contributed by atoms with Crippen molar-refractivity contribution in [3.8, 4) is 5.75 Å². The van der Waals surface area contributed by atoms with Crippen LogP contribution in [0.2, 0.25) is 0 Å². The first-order valence-electron chi connectivity index (χ1n) is 7.97. The van der Waals surface area contributed by atoms with Crippen LogP contribution in [0.3, 0.4) is 0 Å². The lowest BCUT2D eigenvalue weighted by Gasteiger charge is -2.29. The Bertz CT molecular complexity index is 596. The number of carbonyl (C=O) groups is 2. The smallest absolute Gasteiger partial charge is 0.339 e. The van der Waals surface area contributed by atoms with E-state index in [0.717, 1.165) is 0 Å². The Balaban J connectivity index is 2.00. The maximum Gasteiger partial charge on any atom is 0.339 e. The summed E-state index contributed by atoms with van der Waals surface area (Å²) in [4.78, 5) is 24.4. The number of para-hydroxylation sites is 1. The van der Waals surface area contributed by atoms with E-state index in [4.69, 9.17) is 9.47 Å². The van der Waals surface area contributed by atoms with Crippen LogP contribution in [0.1, 0.15) is 40.5 Å². The average Bonchev–Trinajstić information content (AvgIpc) is 2.46. The van der Waals surface area contributed by atoms with Crippen molar-refractivity contribution in [2.45, 2.75) is 46.1 Å². The molecule has 0 aromatic heterocycles. The highest BCUT2D eigenvalue weighted by atomic mass is 16.6. The van der Waals surface area contributed by atoms with Gasteiger partial charge in [-0.05, 0) is 51.7 Å². The molecule has 0 bridgehead atoms. The molecule has 0 saturated heterocycles. The van der Waals surface area contributed by atoms with Crippen molar-refractivity contribution >= 4 is 11.9 Å². The summed E-state index contributed by atoms with van der Waals surface area (Å²) in [7, 11) is 0. The van der Waals surface area contributed by atoms with Crippen molar-refractivity contribution in [2.24, 2.45) is 11.8 Å². The minimum Gasteiger partial charge on any atom is -0.460 e. The second kappa shape index (κ2) is 6.99. The van der Waals surface area contributed by atoms with E-state index in [1.807, 2.05) is 52.0 Å². The number of allylic oxidation sites excluding steroid dienone is 1. The van der Waals surface area contributed by atoms with Gasteiger partial charge in [0, 0.05) is 5.57 Å². The third kappa shape index (κ3) is 4.95. The fourth-order valence-corrected chi connectivity index (χ4v) is 2.63. The molecule has 4 nitrogen and oxygen atoms in total. The molecule has 1 aromatic rings. The van der Waals surface area contributed by atoms with E-state index in [0.29, 0.717) is 24.2 Å². The Morgan fingerprint density at radius 3 is 2.35 bits per heavy atom. The first-order valence-corrected chi connectivity index (χ1v) is 7.97. The molecule has 1 aliphatic carbocycles. The Labute approximate surface area is 137 Å². The van der Waals surface area contributed by atoms with E-state index < -0.39 is 5.60 Å². The topological polar surface area (TPSA) is 52.6 Å². The lowest BCUT2D eigenvalue weighted by atomic mass is 9.81. The molecule has 0 spiro atoms. The lowest BCUT2D eigenvalue weighted by molar-refractivity contribution is -0.161. The van der Waals surface area contributed by atoms with Gasteiger partial charge >= 0.3 is 11.9 Å². The Morgan fingerprint density at radius 1 is 1.13 bits per heavy atom. The minimum atomic E-state index is -0.493. The minimum absolute atomic E-state index is 0.0445. The quantitative estimate of drug-likeness (QED) is 0.627. The van der Waals surface area contributed by atoms with Crippen LogP contribution < -0.4 is 4.74 Å². The van der Waals surface area contributed by atoms with Gasteiger partial charge in [-0.25, -0.2) is 4.79 Å². The summed E-state index contributed by atoms with van der Waals surface area (Å²) in [5.74, 6) is -0.262. The summed E-state index contributed by atoms with van der Waals surface area (Å²) in [5.41, 5.74) is 0.133. The monoisotopic (exact) mass is 316 g/mol. The fourth-order valence-electron chi connectivity index (χ4n) is 2.63. The van der Waals surface area contributed by atoms with Gasteiger partial charge in [-0.1, -0.05) is 31.2 Å². The molecule has 0 unspecified atom stereocenters. The molecule has 0 fully saturated rings. The number of benzene rings is 1. The third-order valence-corrected chi connectivity index (χ3v) is 3.75. The van der Waals surface area contributed by atoms with Crippen molar-refractivity contribution < 1.29 is 19.1 Å². The summed E-state index contributed by atoms with van der Waals surface area (Å²) in [6, 6.07) is 8.99. The predicted molar refractivity (Wildman–Crippen MR) is 87.9 cm³/mol. The van der Waals surface area contributed by atoms with Crippen LogP contribution in [0.15, 0.2) is 42.0 Å². The van der Waals surface area contributed by atoms with Crippen LogP contribution in [-0.2, 0) is 14.3 Å². The number of hydrogen-bond acceptors (Lipinski definition) is 4. The highest BCUT2D eigenvalue weighted by Gasteiger charge is 2.33. The molecule has 0 amide bonds. The van der Waals surface area contributed by atoms with E-state index in [2.05, 4.69) is 0 Å². The molecule has 0 N–H and O–H groups in total. The van der Waals surface area contributed by atoms with E-state index in [1.54, 1.807) is 12.1 Å². The van der Waals surface area contributed by atoms with Gasteiger partial charge in [-0.15, -0.1) is 0 Å². The summed E-state index contributed by atoms with van der Waals surface area (Å²) in [6.07, 6.45) is 2.97. The van der Waals surface area contributed by atoms with Crippen LogP contribution in [-0.4, -0.2) is 17.5 Å². The first kappa shape index (κ1) is 17.3. The molecule has 0 heterocycles. The molecule has 2 rings (SSSR count). The number of esters is 2. The third-order valence-electron chi connectivity index (χ3n) is 3.75. The molecule has 0 aliphatic heterocycles. The molecule has 124 valence electrons. The van der Waals surface area contributed by atoms with Crippen LogP contribution in [0.4, 0.5) is 0 Å². The van der Waals surface area contributed by atoms with Crippen molar-refractivity contribution in [1.29, 1.82) is 0 Å². The number of carbonyl (C=O) groups excluding carboxylic acids is 2. The number of rotatable bonds is 3. The van der Waals surface area contributed by atoms with Gasteiger partial charge in [-0.2, -0.15) is 0 Å². The highest BCUT2D eigenvalue weighted by Crippen LogP contribution is 2.31. The second-order valence-corrected chi connectivity index (χ2v) is 6.93. The zero-order valence-corrected chi connectivity index (χ0v) is 14.2. The van der Waals surface area contributed by atoms with Gasteiger partial charge in [-0.3, -0.25) is 4.79 Å². The summed E-state index contributed by atoms with van der Waals surface area (Å²) < 4.78 is 10.8. The standard InChI is InChI=1S/C19H24O4/c1-13-12-14(17(20)22-15-8-6-5-7-9-15)10-11-16(13)18(21)23-19(2,3)4/h5-9,12-13,16H,10-11H2,1-4H3/t13-,16+/m0/s1. The molecular formula is C19H24O4. The summed E-state index contributed by atoms with van der Waals surface area (Å²) >= 11 is 0. The summed E-state index contributed by atoms with van der Waals surface area (Å²) in [6.45, 7) is 7.51. The largest absolute Gasteiger partial charge is 0.460 e. The van der Waals surface area contributed by atoms with Gasteiger partial charge in [0.2, 0.25) is 0 Å². The van der Waals surface area contributed by atoms with E-state index >= 15 is 0 Å². The highest BCUT2D eigenvalue weighted by molar-refractivity contribution is 5.90. The average molecular weight is 316 g/mol. The molecule has 1 aromatic carbocycles. The Kier molecular flexibility index (Phi) is 5.24. The molecule has 1 aliphatic rings. The molecule has 2 atom stereocenters. The van der Waals surface area contributed by atoms with E-state index in [1.165, 1.54) is 0 Å². The van der Waals surface area contributed by atoms with Gasteiger partial charge in [0.15, 0.2) is 0 Å². The normalized spacial score (nSPS) is 21.3. The predicted octanol–water partition coefficient (Wildman–Crippen LogP) is 3.91. The number of hydrogen-bond donors (Lipinski definition) is 0. The summed E-state index contributed by atoms with van der Waals surface area (Å²) in [5, 5.41) is 0. The van der Waals surface area contributed by atoms with Crippen LogP contribution in [0.25, 0.3) is 0 Å². The van der Waals surface area contributed by atoms with E-state index in [-0.39, 0.29) is 23.8 Å². The van der Waals surface area contributed by atoms with Crippen molar-refractivity contribution in [2.75, 3.05) is 0 Å². The molecular weight excluding hydrogens is 292 g/mol. The van der Waals surface area contributed by atoms with Crippen LogP contribution in [0.5, 0.6) is 5.75 Å². The van der Waals surface area contributed by atoms with Gasteiger partial charge < -0.3 is 9.47 Å². The van der Waals surface area contributed by atoms with Crippen molar-refractivity contribution in [1.82, 2.24) is 0 Å². The maximum atomic E-state index is 12.2. The molecule has 0 saturated carbocycles. The van der Waals surface area contributed by atoms with Gasteiger partial charge in [0.25, 0.3) is 0 Å². The Hall–Kier alpha value is -2.10. The van der Waals surface area contributed by atoms with Crippen molar-refractivity contribution in [3.05, 3.63) is 42.0 Å². The van der Waals surface area contributed by atoms with Gasteiger partial charge in [0.05, 0.1) is 5.92 Å². The molecule has 4 heteroatoms. The molecule has 0 radical (unpaired) electrons. The Morgan fingerprint density at radius 2 is 1.78 bits per heavy atom. The first-order chi connectivity index (χ1) is 10.8. The second-order valence-electron chi connectivity index (χ2n) is 6.93. The fraction of sp³-hybridized carbons (Fsp3) is 0.474.